The Morgan fingerprint density at radius 3 is 2.88 bits per heavy atom. The van der Waals surface area contributed by atoms with Gasteiger partial charge in [-0.2, -0.15) is 0 Å². The van der Waals surface area contributed by atoms with Crippen LogP contribution in [0.2, 0.25) is 0 Å². The maximum atomic E-state index is 11.8. The molecule has 4 nitrogen and oxygen atoms in total. The summed E-state index contributed by atoms with van der Waals surface area (Å²) >= 11 is 0. The predicted octanol–water partition coefficient (Wildman–Crippen LogP) is 1.05. The molecule has 0 radical (unpaired) electrons. The van der Waals surface area contributed by atoms with Crippen LogP contribution in [-0.2, 0) is 4.79 Å². The molecule has 0 aromatic heterocycles. The Hall–Kier alpha value is -1.55. The predicted molar refractivity (Wildman–Crippen MR) is 63.8 cm³/mol. The third-order valence-corrected chi connectivity index (χ3v) is 2.85. The van der Waals surface area contributed by atoms with Crippen molar-refractivity contribution < 1.29 is 14.6 Å². The number of nitrogens with zero attached hydrogens (tertiary/aromatic N) is 1. The molecule has 1 unspecified atom stereocenters. The van der Waals surface area contributed by atoms with Crippen LogP contribution in [0.4, 0.5) is 0 Å². The van der Waals surface area contributed by atoms with Crippen molar-refractivity contribution in [3.05, 3.63) is 30.3 Å². The van der Waals surface area contributed by atoms with Gasteiger partial charge in [0.25, 0.3) is 5.91 Å². The molecule has 1 fully saturated rings. The molecule has 1 N–H and O–H groups in total. The van der Waals surface area contributed by atoms with E-state index in [-0.39, 0.29) is 18.6 Å². The first-order chi connectivity index (χ1) is 8.25. The molecule has 1 saturated heterocycles. The molecule has 0 bridgehead atoms. The molecule has 1 atom stereocenters. The molecule has 1 amide bonds. The van der Waals surface area contributed by atoms with Gasteiger partial charge in [0.2, 0.25) is 0 Å². The first-order valence-electron chi connectivity index (χ1n) is 5.89. The van der Waals surface area contributed by atoms with Crippen LogP contribution in [0.3, 0.4) is 0 Å². The summed E-state index contributed by atoms with van der Waals surface area (Å²) in [5.41, 5.74) is 0. The summed E-state index contributed by atoms with van der Waals surface area (Å²) in [6.07, 6.45) is 1.26. The minimum absolute atomic E-state index is 0.0384. The number of carbonyl (C=O) groups is 1. The lowest BCUT2D eigenvalue weighted by Gasteiger charge is -2.29. The highest BCUT2D eigenvalue weighted by molar-refractivity contribution is 5.77. The maximum Gasteiger partial charge on any atom is 0.260 e. The lowest BCUT2D eigenvalue weighted by atomic mass is 10.1. The highest BCUT2D eigenvalue weighted by atomic mass is 16.5. The van der Waals surface area contributed by atoms with Gasteiger partial charge in [0.1, 0.15) is 5.75 Å². The number of amides is 1. The van der Waals surface area contributed by atoms with Crippen molar-refractivity contribution in [2.24, 2.45) is 0 Å². The lowest BCUT2D eigenvalue weighted by molar-refractivity contribution is -0.136. The van der Waals surface area contributed by atoms with Gasteiger partial charge in [-0.3, -0.25) is 4.79 Å². The number of aliphatic hydroxyl groups excluding tert-OH is 1. The van der Waals surface area contributed by atoms with E-state index < -0.39 is 0 Å². The summed E-state index contributed by atoms with van der Waals surface area (Å²) in [6, 6.07) is 9.27. The smallest absolute Gasteiger partial charge is 0.260 e. The highest BCUT2D eigenvalue weighted by Gasteiger charge is 2.22. The van der Waals surface area contributed by atoms with Gasteiger partial charge >= 0.3 is 0 Å². The summed E-state index contributed by atoms with van der Waals surface area (Å²) in [4.78, 5) is 13.5. The number of rotatable bonds is 3. The monoisotopic (exact) mass is 235 g/mol. The van der Waals surface area contributed by atoms with Crippen LogP contribution >= 0.6 is 0 Å². The lowest BCUT2D eigenvalue weighted by Crippen LogP contribution is -2.44. The third-order valence-electron chi connectivity index (χ3n) is 2.85. The van der Waals surface area contributed by atoms with Crippen LogP contribution in [-0.4, -0.2) is 41.7 Å². The minimum atomic E-state index is -0.385. The number of piperidine rings is 1. The zero-order valence-corrected chi connectivity index (χ0v) is 9.71. The van der Waals surface area contributed by atoms with Crippen molar-refractivity contribution >= 4 is 5.91 Å². The minimum Gasteiger partial charge on any atom is -0.484 e. The number of benzene rings is 1. The van der Waals surface area contributed by atoms with Crippen LogP contribution in [0.5, 0.6) is 5.75 Å². The quantitative estimate of drug-likeness (QED) is 0.852. The molecule has 2 rings (SSSR count). The van der Waals surface area contributed by atoms with Gasteiger partial charge in [-0.25, -0.2) is 0 Å². The van der Waals surface area contributed by atoms with Crippen LogP contribution in [0.25, 0.3) is 0 Å². The zero-order chi connectivity index (χ0) is 12.1. The van der Waals surface area contributed by atoms with Gasteiger partial charge in [-0.15, -0.1) is 0 Å². The topological polar surface area (TPSA) is 49.8 Å². The van der Waals surface area contributed by atoms with Crippen LogP contribution in [0.1, 0.15) is 12.8 Å². The largest absolute Gasteiger partial charge is 0.484 e. The molecule has 92 valence electrons. The first-order valence-corrected chi connectivity index (χ1v) is 5.89. The maximum absolute atomic E-state index is 11.8. The summed E-state index contributed by atoms with van der Waals surface area (Å²) in [7, 11) is 0. The van der Waals surface area contributed by atoms with E-state index in [2.05, 4.69) is 0 Å². The van der Waals surface area contributed by atoms with Crippen LogP contribution in [0.15, 0.2) is 30.3 Å². The van der Waals surface area contributed by atoms with E-state index in [0.717, 1.165) is 12.8 Å². The van der Waals surface area contributed by atoms with Gasteiger partial charge in [0, 0.05) is 13.1 Å². The third kappa shape index (κ3) is 3.46. The average Bonchev–Trinajstić information content (AvgIpc) is 2.37. The molecular formula is C13H17NO3. The van der Waals surface area contributed by atoms with E-state index >= 15 is 0 Å². The Morgan fingerprint density at radius 1 is 1.41 bits per heavy atom. The van der Waals surface area contributed by atoms with Crippen molar-refractivity contribution in [1.29, 1.82) is 0 Å². The zero-order valence-electron chi connectivity index (χ0n) is 9.71. The summed E-state index contributed by atoms with van der Waals surface area (Å²) in [6.45, 7) is 1.18. The SMILES string of the molecule is O=C(COc1ccccc1)N1CCCC(O)C1. The number of aliphatic hydroxyl groups is 1. The Kier molecular flexibility index (Phi) is 3.98. The number of likely N-dealkylation sites (tertiary alicyclic amines) is 1. The van der Waals surface area contributed by atoms with Gasteiger partial charge in [0.05, 0.1) is 6.10 Å². The Bertz CT molecular complexity index is 366. The molecule has 0 aliphatic carbocycles. The fourth-order valence-electron chi connectivity index (χ4n) is 1.93. The van der Waals surface area contributed by atoms with Crippen molar-refractivity contribution in [3.63, 3.8) is 0 Å². The standard InChI is InChI=1S/C13H17NO3/c15-11-5-4-8-14(9-11)13(16)10-17-12-6-2-1-3-7-12/h1-3,6-7,11,15H,4-5,8-10H2. The molecule has 0 spiro atoms. The van der Waals surface area contributed by atoms with Gasteiger partial charge < -0.3 is 14.7 Å². The van der Waals surface area contributed by atoms with Gasteiger partial charge in [0.15, 0.2) is 6.61 Å². The second-order valence-electron chi connectivity index (χ2n) is 4.24. The Morgan fingerprint density at radius 2 is 2.18 bits per heavy atom. The van der Waals surface area contributed by atoms with Crippen LogP contribution in [0, 0.1) is 0 Å². The number of carbonyl (C=O) groups excluding carboxylic acids is 1. The normalized spacial score (nSPS) is 20.1. The van der Waals surface area contributed by atoms with E-state index in [0.29, 0.717) is 18.8 Å². The molecule has 1 aliphatic heterocycles. The number of β-amino-alcohol motifs (C(OH)–C–C–N with tert-alkyl or cyclic N) is 1. The summed E-state index contributed by atoms with van der Waals surface area (Å²) in [5, 5.41) is 9.48. The Balaban J connectivity index is 1.81. The van der Waals surface area contributed by atoms with E-state index in [4.69, 9.17) is 4.74 Å². The molecule has 4 heteroatoms. The molecule has 17 heavy (non-hydrogen) atoms. The van der Waals surface area contributed by atoms with Crippen molar-refractivity contribution in [2.45, 2.75) is 18.9 Å². The summed E-state index contributed by atoms with van der Waals surface area (Å²) < 4.78 is 5.38. The van der Waals surface area contributed by atoms with E-state index in [1.54, 1.807) is 4.90 Å². The van der Waals surface area contributed by atoms with E-state index in [1.165, 1.54) is 0 Å². The second kappa shape index (κ2) is 5.68. The first kappa shape index (κ1) is 11.9. The molecular weight excluding hydrogens is 218 g/mol. The van der Waals surface area contributed by atoms with Crippen molar-refractivity contribution in [1.82, 2.24) is 4.90 Å². The number of hydrogen-bond donors (Lipinski definition) is 1. The number of para-hydroxylation sites is 1. The second-order valence-corrected chi connectivity index (χ2v) is 4.24. The number of ether oxygens (including phenoxy) is 1. The van der Waals surface area contributed by atoms with Gasteiger partial charge in [-0.1, -0.05) is 18.2 Å². The number of hydrogen-bond acceptors (Lipinski definition) is 3. The average molecular weight is 235 g/mol. The van der Waals surface area contributed by atoms with Crippen molar-refractivity contribution in [3.8, 4) is 5.75 Å². The Labute approximate surface area is 101 Å². The molecule has 0 saturated carbocycles. The molecule has 1 heterocycles. The van der Waals surface area contributed by atoms with Gasteiger partial charge in [-0.05, 0) is 25.0 Å². The fraction of sp³-hybridized carbons (Fsp3) is 0.462. The molecule has 1 aliphatic rings. The summed E-state index contributed by atoms with van der Waals surface area (Å²) in [5.74, 6) is 0.631. The van der Waals surface area contributed by atoms with Crippen molar-refractivity contribution in [2.75, 3.05) is 19.7 Å². The highest BCUT2D eigenvalue weighted by Crippen LogP contribution is 2.12. The molecule has 1 aromatic carbocycles. The van der Waals surface area contributed by atoms with E-state index in [1.807, 2.05) is 30.3 Å². The van der Waals surface area contributed by atoms with E-state index in [9.17, 15) is 9.90 Å². The van der Waals surface area contributed by atoms with Crippen LogP contribution < -0.4 is 4.74 Å². The molecule has 1 aromatic rings. The fourth-order valence-corrected chi connectivity index (χ4v) is 1.93.